The number of imidazole rings is 2. The summed E-state index contributed by atoms with van der Waals surface area (Å²) in [4.78, 5) is 18.5. The van der Waals surface area contributed by atoms with Crippen molar-refractivity contribution in [1.29, 1.82) is 0 Å². The summed E-state index contributed by atoms with van der Waals surface area (Å²) in [7, 11) is 3.84. The van der Waals surface area contributed by atoms with Crippen LogP contribution in [0.15, 0.2) is 104 Å². The van der Waals surface area contributed by atoms with E-state index in [1.807, 2.05) is 67.8 Å². The van der Waals surface area contributed by atoms with E-state index in [0.29, 0.717) is 77.3 Å². The maximum absolute atomic E-state index is 15.9. The average molecular weight is 1110 g/mol. The second kappa shape index (κ2) is 20.9. The van der Waals surface area contributed by atoms with Crippen molar-refractivity contribution in [2.75, 3.05) is 26.4 Å². The predicted molar refractivity (Wildman–Crippen MR) is 302 cm³/mol. The van der Waals surface area contributed by atoms with E-state index in [0.717, 1.165) is 89.2 Å². The van der Waals surface area contributed by atoms with Crippen molar-refractivity contribution in [2.24, 2.45) is 31.8 Å². The van der Waals surface area contributed by atoms with Gasteiger partial charge < -0.3 is 38.0 Å². The number of aliphatic hydroxyl groups is 2. The standard InChI is InChI=1S/C33H35FN4O2.C31H30F4N4O2/c1-20-31(37(3)19-36-20)23-15-29-30(35-18-23)25-16-27(34)26(33(2,39)24-9-10-24)17-28(25)38(29)32(21-7-5-4-6-8-21)22-11-13-40-14-12-22;1-16-29(38(4)15-37-16)18-9-25-28(36-14-18)27-21(33)10-19(31(2,3)40)11-24(27)39(25)30(17-5-7-41-8-6-17)26-22(34)12-20(32)13-23(26)35/h4-8,15-19,22,24,32,39H,9-14H2,1-3H3;9-15,17,30,40H,5-8H2,1-4H3/t32-,33?;/m1./s1. The fraction of sp³-hybridized carbons (Fsp3) is 0.375. The molecular formula is C64H65F5N8O4. The monoisotopic (exact) mass is 1100 g/mol. The van der Waals surface area contributed by atoms with Crippen LogP contribution in [0.2, 0.25) is 0 Å². The Hall–Kier alpha value is -7.31. The maximum atomic E-state index is 15.9. The van der Waals surface area contributed by atoms with Crippen molar-refractivity contribution in [1.82, 2.24) is 38.2 Å². The van der Waals surface area contributed by atoms with Crippen molar-refractivity contribution in [2.45, 2.75) is 96.4 Å². The third kappa shape index (κ3) is 9.68. The number of hydrogen-bond acceptors (Lipinski definition) is 8. The molecule has 4 aromatic carbocycles. The van der Waals surface area contributed by atoms with Gasteiger partial charge in [-0.05, 0) is 138 Å². The van der Waals surface area contributed by atoms with Crippen molar-refractivity contribution < 1.29 is 41.6 Å². The molecule has 3 fully saturated rings. The summed E-state index contributed by atoms with van der Waals surface area (Å²) in [5.74, 6) is -4.00. The van der Waals surface area contributed by atoms with E-state index >= 15 is 17.6 Å². The van der Waals surface area contributed by atoms with Gasteiger partial charge in [0.2, 0.25) is 0 Å². The number of aromatic nitrogens is 8. The Balaban J connectivity index is 0.000000161. The molecule has 3 atom stereocenters. The lowest BCUT2D eigenvalue weighted by atomic mass is 9.86. The zero-order valence-electron chi connectivity index (χ0n) is 46.5. The molecule has 2 unspecified atom stereocenters. The lowest BCUT2D eigenvalue weighted by Crippen LogP contribution is -2.28. The Kier molecular flexibility index (Phi) is 14.0. The van der Waals surface area contributed by atoms with E-state index in [9.17, 15) is 14.6 Å². The highest BCUT2D eigenvalue weighted by molar-refractivity contribution is 6.08. The molecule has 2 saturated heterocycles. The molecule has 17 heteroatoms. The summed E-state index contributed by atoms with van der Waals surface area (Å²) < 4.78 is 96.3. The van der Waals surface area contributed by atoms with Crippen LogP contribution >= 0.6 is 0 Å². The summed E-state index contributed by atoms with van der Waals surface area (Å²) in [6, 6.07) is 21.3. The number of nitrogens with zero attached hydrogens (tertiary/aromatic N) is 8. The molecule has 1 aliphatic carbocycles. The fourth-order valence-electron chi connectivity index (χ4n) is 13.0. The molecule has 3 aliphatic rings. The van der Waals surface area contributed by atoms with Gasteiger partial charge in [-0.25, -0.2) is 31.9 Å². The molecule has 2 N–H and O–H groups in total. The van der Waals surface area contributed by atoms with Gasteiger partial charge in [-0.2, -0.15) is 0 Å². The van der Waals surface area contributed by atoms with Crippen LogP contribution in [-0.2, 0) is 34.8 Å². The SMILES string of the molecule is Cc1ncn(C)c1-c1cnc2c3c(F)cc(C(C)(C)O)cc3n(C(c3c(F)cc(F)cc3F)C3CCOCC3)c2c1.Cc1ncn(C)c1-c1cnc2c3cc(F)c(C(C)(O)C4CC4)cc3n([C@H](c3ccccc3)C3CCOCC3)c2c1. The second-order valence-electron chi connectivity index (χ2n) is 23.2. The molecule has 0 bridgehead atoms. The van der Waals surface area contributed by atoms with Crippen molar-refractivity contribution in [3.63, 3.8) is 0 Å². The van der Waals surface area contributed by atoms with Crippen molar-refractivity contribution in [3.8, 4) is 22.5 Å². The smallest absolute Gasteiger partial charge is 0.135 e. The Morgan fingerprint density at radius 2 is 1.10 bits per heavy atom. The highest BCUT2D eigenvalue weighted by Gasteiger charge is 2.44. The molecule has 10 aromatic rings. The van der Waals surface area contributed by atoms with Gasteiger partial charge in [-0.1, -0.05) is 30.3 Å². The zero-order valence-corrected chi connectivity index (χ0v) is 46.5. The second-order valence-corrected chi connectivity index (χ2v) is 23.2. The van der Waals surface area contributed by atoms with E-state index in [-0.39, 0.29) is 34.6 Å². The van der Waals surface area contributed by atoms with Crippen molar-refractivity contribution in [3.05, 3.63) is 167 Å². The van der Waals surface area contributed by atoms with Crippen LogP contribution in [0, 0.1) is 60.7 Å². The number of aryl methyl sites for hydroxylation is 4. The molecule has 6 aromatic heterocycles. The Morgan fingerprint density at radius 3 is 1.63 bits per heavy atom. The minimum absolute atomic E-state index is 0.000954. The van der Waals surface area contributed by atoms with Gasteiger partial charge in [0.05, 0.1) is 97.2 Å². The van der Waals surface area contributed by atoms with Crippen LogP contribution in [0.1, 0.15) is 105 Å². The number of hydrogen-bond donors (Lipinski definition) is 2. The molecule has 1 saturated carbocycles. The summed E-state index contributed by atoms with van der Waals surface area (Å²) in [5, 5.41) is 23.2. The van der Waals surface area contributed by atoms with E-state index < -0.39 is 40.5 Å². The molecule has 0 amide bonds. The quantitative estimate of drug-likeness (QED) is 0.123. The number of rotatable bonds is 11. The molecule has 13 rings (SSSR count). The van der Waals surface area contributed by atoms with Gasteiger partial charge in [0.1, 0.15) is 29.1 Å². The van der Waals surface area contributed by atoms with Gasteiger partial charge in [-0.15, -0.1) is 0 Å². The van der Waals surface area contributed by atoms with E-state index in [1.165, 1.54) is 25.5 Å². The summed E-state index contributed by atoms with van der Waals surface area (Å²) in [5.41, 5.74) is 7.78. The minimum Gasteiger partial charge on any atom is -0.386 e. The van der Waals surface area contributed by atoms with Crippen LogP contribution in [0.3, 0.4) is 0 Å². The molecule has 81 heavy (non-hydrogen) atoms. The van der Waals surface area contributed by atoms with Crippen LogP contribution in [-0.4, -0.2) is 74.8 Å². The molecule has 0 radical (unpaired) electrons. The number of fused-ring (bicyclic) bond motifs is 6. The van der Waals surface area contributed by atoms with Crippen LogP contribution in [0.4, 0.5) is 22.0 Å². The van der Waals surface area contributed by atoms with Crippen LogP contribution in [0.5, 0.6) is 0 Å². The minimum atomic E-state index is -1.40. The summed E-state index contributed by atoms with van der Waals surface area (Å²) >= 11 is 0. The normalized spacial score (nSPS) is 17.3. The first kappa shape index (κ1) is 54.3. The topological polar surface area (TPSA) is 130 Å². The molecule has 2 aliphatic heterocycles. The first-order valence-electron chi connectivity index (χ1n) is 27.8. The highest BCUT2D eigenvalue weighted by atomic mass is 19.2. The van der Waals surface area contributed by atoms with Gasteiger partial charge >= 0.3 is 0 Å². The highest BCUT2D eigenvalue weighted by Crippen LogP contribution is 2.49. The first-order chi connectivity index (χ1) is 38.8. The van der Waals surface area contributed by atoms with E-state index in [1.54, 1.807) is 36.1 Å². The summed E-state index contributed by atoms with van der Waals surface area (Å²) in [6.45, 7) is 10.9. The number of pyridine rings is 2. The van der Waals surface area contributed by atoms with Gasteiger partial charge in [0, 0.05) is 92.7 Å². The number of halogens is 5. The van der Waals surface area contributed by atoms with Gasteiger partial charge in [-0.3, -0.25) is 9.97 Å². The Labute approximate surface area is 465 Å². The molecule has 8 heterocycles. The van der Waals surface area contributed by atoms with E-state index in [4.69, 9.17) is 14.5 Å². The fourth-order valence-corrected chi connectivity index (χ4v) is 13.0. The molecule has 420 valence electrons. The van der Waals surface area contributed by atoms with E-state index in [2.05, 4.69) is 49.9 Å². The largest absolute Gasteiger partial charge is 0.386 e. The van der Waals surface area contributed by atoms with Gasteiger partial charge in [0.15, 0.2) is 0 Å². The Bertz CT molecular complexity index is 3970. The Morgan fingerprint density at radius 1 is 0.568 bits per heavy atom. The predicted octanol–water partition coefficient (Wildman–Crippen LogP) is 13.4. The van der Waals surface area contributed by atoms with Gasteiger partial charge in [0.25, 0.3) is 0 Å². The zero-order chi connectivity index (χ0) is 56.8. The third-order valence-corrected chi connectivity index (χ3v) is 17.3. The van der Waals surface area contributed by atoms with Crippen LogP contribution < -0.4 is 0 Å². The molecule has 0 spiro atoms. The molecule has 12 nitrogen and oxygen atoms in total. The lowest BCUT2D eigenvalue weighted by Gasteiger charge is -2.33. The third-order valence-electron chi connectivity index (χ3n) is 17.3. The first-order valence-corrected chi connectivity index (χ1v) is 27.8. The van der Waals surface area contributed by atoms with Crippen molar-refractivity contribution >= 4 is 43.9 Å². The number of ether oxygens (including phenoxy) is 2. The average Bonchev–Trinajstić information content (AvgIpc) is 3.39. The molecular weight excluding hydrogens is 1040 g/mol. The lowest BCUT2D eigenvalue weighted by molar-refractivity contribution is 0.0296. The maximum Gasteiger partial charge on any atom is 0.135 e. The van der Waals surface area contributed by atoms with Crippen LogP contribution in [0.25, 0.3) is 66.4 Å². The number of benzene rings is 4. The summed E-state index contributed by atoms with van der Waals surface area (Å²) in [6.07, 6.45) is 11.6.